The van der Waals surface area contributed by atoms with E-state index in [1.54, 1.807) is 48.5 Å². The van der Waals surface area contributed by atoms with Crippen LogP contribution in [-0.2, 0) is 32.2 Å². The number of nitrogens with zero attached hydrogens (tertiary/aromatic N) is 1. The zero-order chi connectivity index (χ0) is 33.9. The van der Waals surface area contributed by atoms with Gasteiger partial charge in [0.15, 0.2) is 0 Å². The lowest BCUT2D eigenvalue weighted by atomic mass is 10.0. The number of rotatable bonds is 7. The molecule has 0 spiro atoms. The zero-order valence-corrected chi connectivity index (χ0v) is 27.6. The predicted octanol–water partition coefficient (Wildman–Crippen LogP) is 3.10. The Hall–Kier alpha value is -4.74. The van der Waals surface area contributed by atoms with Crippen LogP contribution in [0.1, 0.15) is 59.8 Å². The molecule has 1 fully saturated rings. The highest BCUT2D eigenvalue weighted by Crippen LogP contribution is 2.21. The SMILES string of the molecule is CC(C)[C@@H]1COc2ccccc2C(=O)N[C@H](C(=O)NCc2ccc(CN3CCOCC3)cc2)CCC(=O)N[C@@H](c2ccccc2)C(=O)N1. The molecule has 3 atom stereocenters. The molecule has 11 nitrogen and oxygen atoms in total. The first-order valence-electron chi connectivity index (χ1n) is 16.6. The molecule has 5 rings (SSSR count). The predicted molar refractivity (Wildman–Crippen MR) is 181 cm³/mol. The number of morpholine rings is 1. The second kappa shape index (κ2) is 16.9. The van der Waals surface area contributed by atoms with Gasteiger partial charge >= 0.3 is 0 Å². The Kier molecular flexibility index (Phi) is 12.2. The third kappa shape index (κ3) is 9.65. The van der Waals surface area contributed by atoms with Crippen molar-refractivity contribution in [1.82, 2.24) is 26.2 Å². The Bertz CT molecular complexity index is 1540. The van der Waals surface area contributed by atoms with E-state index in [4.69, 9.17) is 9.47 Å². The quantitative estimate of drug-likeness (QED) is 0.307. The molecular weight excluding hydrogens is 610 g/mol. The van der Waals surface area contributed by atoms with Crippen molar-refractivity contribution in [2.24, 2.45) is 5.92 Å². The number of nitrogens with one attached hydrogen (secondary N) is 4. The summed E-state index contributed by atoms with van der Waals surface area (Å²) in [5.41, 5.74) is 2.96. The Morgan fingerprint density at radius 3 is 2.29 bits per heavy atom. The average molecular weight is 656 g/mol. The number of fused-ring (bicyclic) bond motifs is 1. The van der Waals surface area contributed by atoms with E-state index in [9.17, 15) is 19.2 Å². The van der Waals surface area contributed by atoms with Crippen molar-refractivity contribution < 1.29 is 28.7 Å². The van der Waals surface area contributed by atoms with E-state index in [-0.39, 0.29) is 43.4 Å². The van der Waals surface area contributed by atoms with Crippen LogP contribution in [0.3, 0.4) is 0 Å². The summed E-state index contributed by atoms with van der Waals surface area (Å²) in [5, 5.41) is 11.6. The summed E-state index contributed by atoms with van der Waals surface area (Å²) in [6.45, 7) is 8.38. The molecule has 0 aliphatic carbocycles. The van der Waals surface area contributed by atoms with Gasteiger partial charge in [-0.05, 0) is 41.2 Å². The maximum absolute atomic E-state index is 13.6. The van der Waals surface area contributed by atoms with Crippen molar-refractivity contribution >= 4 is 23.6 Å². The maximum Gasteiger partial charge on any atom is 0.255 e. The van der Waals surface area contributed by atoms with E-state index < -0.39 is 35.8 Å². The molecule has 1 saturated heterocycles. The lowest BCUT2D eigenvalue weighted by Crippen LogP contribution is -2.48. The molecule has 254 valence electrons. The number of carbonyl (C=O) groups is 4. The Labute approximate surface area is 281 Å². The molecule has 0 saturated carbocycles. The standard InChI is InChI=1S/C37H45N5O6/c1-25(2)31-24-48-32-11-7-6-10-29(32)35(44)39-30(16-17-33(43)41-34(37(46)40-31)28-8-4-3-5-9-28)36(45)38-22-26-12-14-27(15-13-26)23-42-18-20-47-21-19-42/h3-15,25,30-31,34H,16-24H2,1-2H3,(H,38,45)(H,39,44)(H,40,46)(H,41,43)/t30-,31-,34-/m0/s1. The van der Waals surface area contributed by atoms with Crippen LogP contribution >= 0.6 is 0 Å². The third-order valence-electron chi connectivity index (χ3n) is 8.66. The van der Waals surface area contributed by atoms with Crippen molar-refractivity contribution in [2.75, 3.05) is 32.9 Å². The van der Waals surface area contributed by atoms with Crippen molar-refractivity contribution in [2.45, 2.75) is 57.9 Å². The van der Waals surface area contributed by atoms with Crippen LogP contribution in [0, 0.1) is 5.92 Å². The van der Waals surface area contributed by atoms with Crippen LogP contribution in [0.5, 0.6) is 5.75 Å². The van der Waals surface area contributed by atoms with Crippen molar-refractivity contribution in [3.8, 4) is 5.75 Å². The number of carbonyl (C=O) groups excluding carboxylic acids is 4. The Morgan fingerprint density at radius 1 is 0.875 bits per heavy atom. The van der Waals surface area contributed by atoms with Gasteiger partial charge in [0.2, 0.25) is 17.7 Å². The smallest absolute Gasteiger partial charge is 0.255 e. The van der Waals surface area contributed by atoms with Crippen LogP contribution in [0.4, 0.5) is 0 Å². The topological polar surface area (TPSA) is 138 Å². The van der Waals surface area contributed by atoms with Gasteiger partial charge in [0.1, 0.15) is 24.4 Å². The number of ether oxygens (including phenoxy) is 2. The number of amides is 4. The van der Waals surface area contributed by atoms with Crippen molar-refractivity contribution in [1.29, 1.82) is 0 Å². The zero-order valence-electron chi connectivity index (χ0n) is 27.6. The molecule has 4 amide bonds. The minimum absolute atomic E-state index is 0.00760. The van der Waals surface area contributed by atoms with Gasteiger partial charge in [0.25, 0.3) is 5.91 Å². The van der Waals surface area contributed by atoms with Crippen molar-refractivity contribution in [3.63, 3.8) is 0 Å². The molecule has 4 N–H and O–H groups in total. The van der Waals surface area contributed by atoms with Crippen molar-refractivity contribution in [3.05, 3.63) is 101 Å². The molecule has 11 heteroatoms. The van der Waals surface area contributed by atoms with Gasteiger partial charge in [-0.25, -0.2) is 0 Å². The monoisotopic (exact) mass is 655 g/mol. The summed E-state index contributed by atoms with van der Waals surface area (Å²) in [5.74, 6) is -1.40. The normalized spacial score (nSPS) is 21.4. The average Bonchev–Trinajstić information content (AvgIpc) is 3.10. The summed E-state index contributed by atoms with van der Waals surface area (Å²) >= 11 is 0. The van der Waals surface area contributed by atoms with Crippen LogP contribution in [0.15, 0.2) is 78.9 Å². The molecule has 2 aliphatic rings. The molecule has 48 heavy (non-hydrogen) atoms. The van der Waals surface area contributed by atoms with Gasteiger partial charge in [-0.2, -0.15) is 0 Å². The highest BCUT2D eigenvalue weighted by molar-refractivity contribution is 6.00. The first-order valence-corrected chi connectivity index (χ1v) is 16.6. The lowest BCUT2D eigenvalue weighted by Gasteiger charge is -2.26. The van der Waals surface area contributed by atoms with Crippen LogP contribution < -0.4 is 26.0 Å². The first-order chi connectivity index (χ1) is 23.3. The van der Waals surface area contributed by atoms with Gasteiger partial charge < -0.3 is 30.7 Å². The fraction of sp³-hybridized carbons (Fsp3) is 0.405. The van der Waals surface area contributed by atoms with Gasteiger partial charge in [0.05, 0.1) is 24.8 Å². The largest absolute Gasteiger partial charge is 0.491 e. The molecule has 0 unspecified atom stereocenters. The lowest BCUT2D eigenvalue weighted by molar-refractivity contribution is -0.130. The molecule has 2 heterocycles. The molecule has 3 aromatic carbocycles. The maximum atomic E-state index is 13.6. The summed E-state index contributed by atoms with van der Waals surface area (Å²) in [6, 6.07) is 21.5. The molecule has 0 aromatic heterocycles. The summed E-state index contributed by atoms with van der Waals surface area (Å²) in [7, 11) is 0. The van der Waals surface area contributed by atoms with E-state index in [0.29, 0.717) is 11.3 Å². The second-order valence-electron chi connectivity index (χ2n) is 12.6. The first kappa shape index (κ1) is 34.6. The Balaban J connectivity index is 1.32. The molecule has 0 radical (unpaired) electrons. The number of para-hydroxylation sites is 1. The summed E-state index contributed by atoms with van der Waals surface area (Å²) in [4.78, 5) is 56.4. The number of benzene rings is 3. The molecule has 0 bridgehead atoms. The highest BCUT2D eigenvalue weighted by Gasteiger charge is 2.29. The number of hydrogen-bond donors (Lipinski definition) is 4. The summed E-state index contributed by atoms with van der Waals surface area (Å²) in [6.07, 6.45) is -0.0837. The Morgan fingerprint density at radius 2 is 1.56 bits per heavy atom. The van der Waals surface area contributed by atoms with E-state index in [1.807, 2.05) is 44.2 Å². The van der Waals surface area contributed by atoms with Gasteiger partial charge in [-0.15, -0.1) is 0 Å². The van der Waals surface area contributed by atoms with Crippen LogP contribution in [0.25, 0.3) is 0 Å². The van der Waals surface area contributed by atoms with Gasteiger partial charge in [0, 0.05) is 32.6 Å². The van der Waals surface area contributed by atoms with Crippen LogP contribution in [-0.4, -0.2) is 73.5 Å². The number of hydrogen-bond acceptors (Lipinski definition) is 7. The highest BCUT2D eigenvalue weighted by atomic mass is 16.5. The van der Waals surface area contributed by atoms with E-state index in [2.05, 4.69) is 26.2 Å². The fourth-order valence-electron chi connectivity index (χ4n) is 5.68. The molecular formula is C37H45N5O6. The second-order valence-corrected chi connectivity index (χ2v) is 12.6. The summed E-state index contributed by atoms with van der Waals surface area (Å²) < 4.78 is 11.5. The van der Waals surface area contributed by atoms with E-state index in [1.165, 1.54) is 5.56 Å². The molecule has 3 aromatic rings. The minimum Gasteiger partial charge on any atom is -0.491 e. The van der Waals surface area contributed by atoms with E-state index in [0.717, 1.165) is 38.4 Å². The van der Waals surface area contributed by atoms with E-state index >= 15 is 0 Å². The van der Waals surface area contributed by atoms with Crippen LogP contribution in [0.2, 0.25) is 0 Å². The fourth-order valence-corrected chi connectivity index (χ4v) is 5.68. The van der Waals surface area contributed by atoms with Gasteiger partial charge in [-0.3, -0.25) is 24.1 Å². The van der Waals surface area contributed by atoms with Gasteiger partial charge in [-0.1, -0.05) is 80.6 Å². The minimum atomic E-state index is -1.02. The molecule has 2 aliphatic heterocycles. The third-order valence-corrected chi connectivity index (χ3v) is 8.66.